The maximum Gasteiger partial charge on any atom is 0.338 e. The van der Waals surface area contributed by atoms with Crippen molar-refractivity contribution in [2.45, 2.75) is 130 Å². The fourth-order valence-electron chi connectivity index (χ4n) is 9.59. The normalized spacial score (nSPS) is 35.8. The fourth-order valence-corrected chi connectivity index (χ4v) is 9.59. The Morgan fingerprint density at radius 1 is 0.673 bits per heavy atom. The highest BCUT2D eigenvalue weighted by molar-refractivity contribution is 5.89. The average molecular weight is 773 g/mol. The van der Waals surface area contributed by atoms with Crippen LogP contribution in [0.3, 0.4) is 0 Å². The van der Waals surface area contributed by atoms with Gasteiger partial charge in [-0.3, -0.25) is 28.8 Å². The lowest BCUT2D eigenvalue weighted by Gasteiger charge is -2.69. The van der Waals surface area contributed by atoms with Gasteiger partial charge in [0.15, 0.2) is 35.6 Å². The van der Waals surface area contributed by atoms with Gasteiger partial charge in [-0.25, -0.2) is 4.79 Å². The Bertz CT molecular complexity index is 1800. The smallest absolute Gasteiger partial charge is 0.338 e. The van der Waals surface area contributed by atoms with Crippen LogP contribution in [0.5, 0.6) is 0 Å². The molecule has 3 aliphatic carbocycles. The SMILES string of the molecule is CC(=O)OC1C2=C(C)C(OC(C)=O)C(OC(=O)c3ccccc3)C(O)(C(OC(C)=O)C3C4(OC(C)=O)COC4CC(OC(C)=O)C3(C)C1OC(C)=O)C2(C)C. The molecule has 1 heterocycles. The molecule has 1 saturated heterocycles. The highest BCUT2D eigenvalue weighted by Crippen LogP contribution is 2.66. The van der Waals surface area contributed by atoms with Gasteiger partial charge < -0.3 is 43.0 Å². The molecule has 2 bridgehead atoms. The molecule has 1 aromatic carbocycles. The third-order valence-corrected chi connectivity index (χ3v) is 11.6. The predicted octanol–water partition coefficient (Wildman–Crippen LogP) is 2.70. The van der Waals surface area contributed by atoms with Crippen LogP contribution >= 0.6 is 0 Å². The zero-order valence-corrected chi connectivity index (χ0v) is 32.5. The zero-order chi connectivity index (χ0) is 41.0. The largest absolute Gasteiger partial charge is 0.462 e. The van der Waals surface area contributed by atoms with Gasteiger partial charge in [-0.1, -0.05) is 39.0 Å². The van der Waals surface area contributed by atoms with E-state index in [1.54, 1.807) is 18.2 Å². The molecule has 2 saturated carbocycles. The second-order valence-corrected chi connectivity index (χ2v) is 15.4. The summed E-state index contributed by atoms with van der Waals surface area (Å²) < 4.78 is 48.5. The highest BCUT2D eigenvalue weighted by atomic mass is 16.6. The van der Waals surface area contributed by atoms with Gasteiger partial charge in [-0.15, -0.1) is 0 Å². The molecule has 0 amide bonds. The molecular weight excluding hydrogens is 724 g/mol. The van der Waals surface area contributed by atoms with Crippen molar-refractivity contribution < 1.29 is 76.6 Å². The molecule has 0 radical (unpaired) electrons. The van der Waals surface area contributed by atoms with E-state index in [4.69, 9.17) is 37.9 Å². The number of rotatable bonds is 8. The first-order valence-corrected chi connectivity index (χ1v) is 17.9. The minimum atomic E-state index is -2.69. The third kappa shape index (κ3) is 6.76. The summed E-state index contributed by atoms with van der Waals surface area (Å²) in [5.41, 5.74) is -7.94. The van der Waals surface area contributed by atoms with E-state index in [9.17, 15) is 38.7 Å². The minimum Gasteiger partial charge on any atom is -0.462 e. The van der Waals surface area contributed by atoms with Gasteiger partial charge in [0.25, 0.3) is 0 Å². The molecule has 300 valence electrons. The number of esters is 7. The van der Waals surface area contributed by atoms with E-state index < -0.39 is 112 Å². The summed E-state index contributed by atoms with van der Waals surface area (Å²) in [6.07, 6.45) is -11.2. The molecule has 11 unspecified atom stereocenters. The number of fused-ring (bicyclic) bond motifs is 5. The number of hydrogen-bond acceptors (Lipinski definition) is 16. The Balaban J connectivity index is 2.00. The van der Waals surface area contributed by atoms with E-state index in [0.717, 1.165) is 41.5 Å². The van der Waals surface area contributed by atoms with Crippen molar-refractivity contribution in [1.82, 2.24) is 0 Å². The third-order valence-electron chi connectivity index (χ3n) is 11.6. The van der Waals surface area contributed by atoms with Crippen LogP contribution in [0.1, 0.15) is 86.0 Å². The van der Waals surface area contributed by atoms with Crippen LogP contribution in [0.4, 0.5) is 0 Å². The summed E-state index contributed by atoms with van der Waals surface area (Å²) in [5.74, 6) is -7.64. The monoisotopic (exact) mass is 772 g/mol. The summed E-state index contributed by atoms with van der Waals surface area (Å²) in [7, 11) is 0. The molecule has 1 aromatic rings. The van der Waals surface area contributed by atoms with Gasteiger partial charge in [0.1, 0.15) is 18.3 Å². The number of aliphatic hydroxyl groups is 1. The van der Waals surface area contributed by atoms with Crippen molar-refractivity contribution in [3.63, 3.8) is 0 Å². The fraction of sp³-hybridized carbons (Fsp3) is 0.615. The van der Waals surface area contributed by atoms with E-state index in [1.807, 2.05) is 0 Å². The van der Waals surface area contributed by atoms with E-state index in [-0.39, 0.29) is 29.7 Å². The van der Waals surface area contributed by atoms with Crippen LogP contribution in [0.25, 0.3) is 0 Å². The molecule has 3 fully saturated rings. The molecule has 4 aliphatic rings. The summed E-state index contributed by atoms with van der Waals surface area (Å²) in [6.45, 7) is 12.4. The lowest BCUT2D eigenvalue weighted by atomic mass is 9.43. The molecule has 55 heavy (non-hydrogen) atoms. The summed E-state index contributed by atoms with van der Waals surface area (Å²) >= 11 is 0. The molecule has 1 aliphatic heterocycles. The van der Waals surface area contributed by atoms with E-state index in [0.29, 0.717) is 0 Å². The van der Waals surface area contributed by atoms with Crippen molar-refractivity contribution in [3.05, 3.63) is 47.0 Å². The van der Waals surface area contributed by atoms with Gasteiger partial charge in [0.2, 0.25) is 0 Å². The second-order valence-electron chi connectivity index (χ2n) is 15.4. The summed E-state index contributed by atoms with van der Waals surface area (Å²) in [5, 5.41) is 13.9. The van der Waals surface area contributed by atoms with Crippen molar-refractivity contribution in [2.24, 2.45) is 16.7 Å². The standard InChI is InChI=1S/C39H48O16/c1-18-28-30(51-21(4)42)32(52-22(5)43)37(10)26(49-19(2)40)16-27-38(17-48-27,55-24(7)45)31(37)34(53-23(6)44)39(47,36(28,8)9)33(29(18)50-20(3)41)54-35(46)25-14-12-11-13-15-25/h11-15,26-27,29-34,47H,16-17H2,1-10H3. The van der Waals surface area contributed by atoms with Gasteiger partial charge in [0.05, 0.1) is 23.5 Å². The Labute approximate surface area is 318 Å². The second kappa shape index (κ2) is 14.7. The first-order chi connectivity index (χ1) is 25.5. The van der Waals surface area contributed by atoms with E-state index >= 15 is 0 Å². The predicted molar refractivity (Wildman–Crippen MR) is 185 cm³/mol. The Hall–Kier alpha value is -4.83. The van der Waals surface area contributed by atoms with Gasteiger partial charge >= 0.3 is 41.8 Å². The molecule has 0 spiro atoms. The number of hydrogen-bond donors (Lipinski definition) is 1. The van der Waals surface area contributed by atoms with E-state index in [2.05, 4.69) is 0 Å². The molecule has 1 N–H and O–H groups in total. The number of carbonyl (C=O) groups is 7. The molecule has 11 atom stereocenters. The van der Waals surface area contributed by atoms with Gasteiger partial charge in [-0.2, -0.15) is 0 Å². The lowest BCUT2D eigenvalue weighted by Crippen LogP contribution is -2.84. The number of carbonyl (C=O) groups excluding carboxylic acids is 7. The molecular formula is C39H48O16. The zero-order valence-electron chi connectivity index (χ0n) is 32.5. The minimum absolute atomic E-state index is 0.0571. The van der Waals surface area contributed by atoms with Crippen LogP contribution in [0.2, 0.25) is 0 Å². The van der Waals surface area contributed by atoms with Crippen LogP contribution in [-0.4, -0.2) is 107 Å². The van der Waals surface area contributed by atoms with Crippen LogP contribution in [0, 0.1) is 16.7 Å². The van der Waals surface area contributed by atoms with Gasteiger partial charge in [0, 0.05) is 53.4 Å². The highest BCUT2D eigenvalue weighted by Gasteiger charge is 2.81. The molecule has 5 rings (SSSR count). The van der Waals surface area contributed by atoms with Crippen molar-refractivity contribution in [1.29, 1.82) is 0 Å². The first-order valence-electron chi connectivity index (χ1n) is 17.9. The van der Waals surface area contributed by atoms with E-state index in [1.165, 1.54) is 39.8 Å². The summed E-state index contributed by atoms with van der Waals surface area (Å²) in [4.78, 5) is 92.6. The van der Waals surface area contributed by atoms with Crippen LogP contribution in [-0.2, 0) is 66.7 Å². The average Bonchev–Trinajstić information content (AvgIpc) is 3.06. The van der Waals surface area contributed by atoms with Crippen molar-refractivity contribution in [3.8, 4) is 0 Å². The number of benzene rings is 1. The summed E-state index contributed by atoms with van der Waals surface area (Å²) in [6, 6.07) is 7.77. The van der Waals surface area contributed by atoms with Crippen LogP contribution < -0.4 is 0 Å². The first kappa shape index (κ1) is 41.3. The topological polar surface area (TPSA) is 214 Å². The molecule has 16 heteroatoms. The molecule has 0 aromatic heterocycles. The maximum absolute atomic E-state index is 14.0. The number of ether oxygens (including phenoxy) is 8. The maximum atomic E-state index is 14.0. The Morgan fingerprint density at radius 2 is 1.20 bits per heavy atom. The quantitative estimate of drug-likeness (QED) is 0.228. The Kier molecular flexibility index (Phi) is 11.0. The lowest BCUT2D eigenvalue weighted by molar-refractivity contribution is -0.372. The molecule has 16 nitrogen and oxygen atoms in total. The van der Waals surface area contributed by atoms with Crippen molar-refractivity contribution >= 4 is 41.8 Å². The Morgan fingerprint density at radius 3 is 1.69 bits per heavy atom. The van der Waals surface area contributed by atoms with Gasteiger partial charge in [-0.05, 0) is 30.2 Å². The van der Waals surface area contributed by atoms with Crippen molar-refractivity contribution in [2.75, 3.05) is 6.61 Å². The van der Waals surface area contributed by atoms with Crippen LogP contribution in [0.15, 0.2) is 41.5 Å².